The lowest BCUT2D eigenvalue weighted by Gasteiger charge is -2.16. The molecule has 0 atom stereocenters. The molecule has 0 aliphatic rings. The van der Waals surface area contributed by atoms with Gasteiger partial charge in [-0.25, -0.2) is 4.39 Å². The molecule has 0 saturated carbocycles. The smallest absolute Gasteiger partial charge is 0.246 e. The van der Waals surface area contributed by atoms with Gasteiger partial charge in [0.25, 0.3) is 0 Å². The molecule has 2 amide bonds. The maximum absolute atomic E-state index is 12.8. The average Bonchev–Trinajstić information content (AvgIpc) is 2.57. The van der Waals surface area contributed by atoms with Crippen molar-refractivity contribution >= 4 is 23.6 Å². The Kier molecular flexibility index (Phi) is 6.06. The summed E-state index contributed by atoms with van der Waals surface area (Å²) in [5.41, 5.74) is 3.47. The number of rotatable bonds is 5. The number of nitrogens with zero attached hydrogens (tertiary/aromatic N) is 1. The molecule has 0 aliphatic carbocycles. The van der Waals surface area contributed by atoms with Crippen molar-refractivity contribution in [1.29, 1.82) is 0 Å². The van der Waals surface area contributed by atoms with Crippen LogP contribution in [0.2, 0.25) is 0 Å². The fraction of sp³-hybridized carbons (Fsp3) is 0.200. The highest BCUT2D eigenvalue weighted by Crippen LogP contribution is 2.16. The molecule has 0 spiro atoms. The van der Waals surface area contributed by atoms with Crippen LogP contribution in [-0.4, -0.2) is 30.3 Å². The molecule has 0 unspecified atom stereocenters. The van der Waals surface area contributed by atoms with Crippen molar-refractivity contribution < 1.29 is 14.0 Å². The molecule has 0 fully saturated rings. The second kappa shape index (κ2) is 8.24. The fourth-order valence-corrected chi connectivity index (χ4v) is 2.22. The van der Waals surface area contributed by atoms with Crippen molar-refractivity contribution in [3.05, 3.63) is 71.0 Å². The Bertz CT molecular complexity index is 798. The Morgan fingerprint density at radius 3 is 2.48 bits per heavy atom. The third kappa shape index (κ3) is 5.57. The van der Waals surface area contributed by atoms with Gasteiger partial charge in [-0.1, -0.05) is 24.3 Å². The molecule has 0 bridgehead atoms. The van der Waals surface area contributed by atoms with Crippen LogP contribution in [0.1, 0.15) is 16.7 Å². The summed E-state index contributed by atoms with van der Waals surface area (Å²) < 4.78 is 12.8. The molecule has 25 heavy (non-hydrogen) atoms. The third-order valence-electron chi connectivity index (χ3n) is 3.71. The molecule has 0 radical (unpaired) electrons. The first-order chi connectivity index (χ1) is 11.8. The van der Waals surface area contributed by atoms with Crippen LogP contribution in [0.25, 0.3) is 6.08 Å². The molecule has 130 valence electrons. The quantitative estimate of drug-likeness (QED) is 0.846. The number of benzene rings is 2. The van der Waals surface area contributed by atoms with Crippen molar-refractivity contribution in [3.8, 4) is 0 Å². The van der Waals surface area contributed by atoms with Gasteiger partial charge in [-0.05, 0) is 54.8 Å². The van der Waals surface area contributed by atoms with Crippen molar-refractivity contribution in [2.75, 3.05) is 18.9 Å². The average molecular weight is 340 g/mol. The number of likely N-dealkylation sites (N-methyl/N-ethyl adjacent to an activating group) is 1. The maximum Gasteiger partial charge on any atom is 0.246 e. The topological polar surface area (TPSA) is 49.4 Å². The molecule has 0 aliphatic heterocycles. The summed E-state index contributed by atoms with van der Waals surface area (Å²) in [6.07, 6.45) is 2.94. The predicted molar refractivity (Wildman–Crippen MR) is 97.6 cm³/mol. The van der Waals surface area contributed by atoms with Gasteiger partial charge in [-0.3, -0.25) is 9.59 Å². The SMILES string of the molecule is Cc1ccc(C)c(NC(=O)CN(C)C(=O)/C=C/c2ccc(F)cc2)c1. The minimum Gasteiger partial charge on any atom is -0.333 e. The number of nitrogens with one attached hydrogen (secondary N) is 1. The summed E-state index contributed by atoms with van der Waals surface area (Å²) in [6.45, 7) is 3.81. The largest absolute Gasteiger partial charge is 0.333 e. The van der Waals surface area contributed by atoms with E-state index in [-0.39, 0.29) is 24.2 Å². The van der Waals surface area contributed by atoms with Gasteiger partial charge in [0, 0.05) is 18.8 Å². The van der Waals surface area contributed by atoms with Crippen LogP contribution < -0.4 is 5.32 Å². The van der Waals surface area contributed by atoms with Gasteiger partial charge < -0.3 is 10.2 Å². The summed E-state index contributed by atoms with van der Waals surface area (Å²) >= 11 is 0. The Hall–Kier alpha value is -2.95. The zero-order chi connectivity index (χ0) is 18.4. The minimum absolute atomic E-state index is 0.0556. The molecule has 0 heterocycles. The highest BCUT2D eigenvalue weighted by Gasteiger charge is 2.11. The number of hydrogen-bond acceptors (Lipinski definition) is 2. The molecule has 0 aromatic heterocycles. The molecule has 2 aromatic carbocycles. The Balaban J connectivity index is 1.92. The first-order valence-corrected chi connectivity index (χ1v) is 7.91. The summed E-state index contributed by atoms with van der Waals surface area (Å²) in [6, 6.07) is 11.6. The second-order valence-electron chi connectivity index (χ2n) is 5.95. The van der Waals surface area contributed by atoms with Gasteiger partial charge in [0.15, 0.2) is 0 Å². The van der Waals surface area contributed by atoms with Crippen LogP contribution in [0.3, 0.4) is 0 Å². The highest BCUT2D eigenvalue weighted by molar-refractivity contribution is 5.98. The standard InChI is InChI=1S/C20H21FN2O2/c1-14-4-5-15(2)18(12-14)22-19(24)13-23(3)20(25)11-8-16-6-9-17(21)10-7-16/h4-12H,13H2,1-3H3,(H,22,24)/b11-8+. The second-order valence-corrected chi connectivity index (χ2v) is 5.95. The van der Waals surface area contributed by atoms with E-state index in [0.29, 0.717) is 5.56 Å². The van der Waals surface area contributed by atoms with E-state index in [9.17, 15) is 14.0 Å². The van der Waals surface area contributed by atoms with E-state index >= 15 is 0 Å². The van der Waals surface area contributed by atoms with Crippen molar-refractivity contribution in [2.45, 2.75) is 13.8 Å². The molecular formula is C20H21FN2O2. The normalized spacial score (nSPS) is 10.7. The van der Waals surface area contributed by atoms with Gasteiger partial charge >= 0.3 is 0 Å². The van der Waals surface area contributed by atoms with Gasteiger partial charge in [-0.15, -0.1) is 0 Å². The van der Waals surface area contributed by atoms with E-state index in [0.717, 1.165) is 16.8 Å². The van der Waals surface area contributed by atoms with Crippen LogP contribution in [0.5, 0.6) is 0 Å². The van der Waals surface area contributed by atoms with E-state index < -0.39 is 0 Å². The van der Waals surface area contributed by atoms with Crippen LogP contribution >= 0.6 is 0 Å². The van der Waals surface area contributed by atoms with E-state index in [1.165, 1.54) is 23.1 Å². The number of carbonyl (C=O) groups is 2. The van der Waals surface area contributed by atoms with Crippen LogP contribution in [-0.2, 0) is 9.59 Å². The number of halogens is 1. The first-order valence-electron chi connectivity index (χ1n) is 7.91. The summed E-state index contributed by atoms with van der Waals surface area (Å²) in [7, 11) is 1.56. The van der Waals surface area contributed by atoms with Gasteiger partial charge in [0.2, 0.25) is 11.8 Å². The van der Waals surface area contributed by atoms with Crippen molar-refractivity contribution in [2.24, 2.45) is 0 Å². The predicted octanol–water partition coefficient (Wildman–Crippen LogP) is 3.55. The number of aryl methyl sites for hydroxylation is 2. The van der Waals surface area contributed by atoms with E-state index in [4.69, 9.17) is 0 Å². The molecule has 1 N–H and O–H groups in total. The Morgan fingerprint density at radius 2 is 1.80 bits per heavy atom. The number of hydrogen-bond donors (Lipinski definition) is 1. The maximum atomic E-state index is 12.8. The van der Waals surface area contributed by atoms with Crippen LogP contribution in [0.15, 0.2) is 48.5 Å². The summed E-state index contributed by atoms with van der Waals surface area (Å²) in [4.78, 5) is 25.5. The number of amides is 2. The van der Waals surface area contributed by atoms with Crippen molar-refractivity contribution in [3.63, 3.8) is 0 Å². The minimum atomic E-state index is -0.330. The molecule has 2 aromatic rings. The summed E-state index contributed by atoms with van der Waals surface area (Å²) in [5, 5.41) is 2.82. The van der Waals surface area contributed by atoms with Gasteiger partial charge in [0.05, 0.1) is 6.54 Å². The number of carbonyl (C=O) groups excluding carboxylic acids is 2. The lowest BCUT2D eigenvalue weighted by atomic mass is 10.1. The lowest BCUT2D eigenvalue weighted by Crippen LogP contribution is -2.34. The Labute approximate surface area is 147 Å². The summed E-state index contributed by atoms with van der Waals surface area (Å²) in [5.74, 6) is -0.899. The van der Waals surface area contributed by atoms with Gasteiger partial charge in [-0.2, -0.15) is 0 Å². The van der Waals surface area contributed by atoms with E-state index in [1.54, 1.807) is 25.3 Å². The third-order valence-corrected chi connectivity index (χ3v) is 3.71. The van der Waals surface area contributed by atoms with Crippen LogP contribution in [0, 0.1) is 19.7 Å². The van der Waals surface area contributed by atoms with Crippen molar-refractivity contribution in [1.82, 2.24) is 4.90 Å². The first kappa shape index (κ1) is 18.4. The number of anilines is 1. The molecule has 4 nitrogen and oxygen atoms in total. The molecule has 0 saturated heterocycles. The molecular weight excluding hydrogens is 319 g/mol. The molecule has 2 rings (SSSR count). The Morgan fingerprint density at radius 1 is 1.12 bits per heavy atom. The lowest BCUT2D eigenvalue weighted by molar-refractivity contribution is -0.129. The molecule has 5 heteroatoms. The zero-order valence-corrected chi connectivity index (χ0v) is 14.5. The van der Waals surface area contributed by atoms with E-state index in [2.05, 4.69) is 5.32 Å². The van der Waals surface area contributed by atoms with Crippen LogP contribution in [0.4, 0.5) is 10.1 Å². The van der Waals surface area contributed by atoms with Gasteiger partial charge in [0.1, 0.15) is 5.82 Å². The zero-order valence-electron chi connectivity index (χ0n) is 14.5. The monoisotopic (exact) mass is 340 g/mol. The van der Waals surface area contributed by atoms with E-state index in [1.807, 2.05) is 32.0 Å². The fourth-order valence-electron chi connectivity index (χ4n) is 2.22. The highest BCUT2D eigenvalue weighted by atomic mass is 19.1.